The van der Waals surface area contributed by atoms with Gasteiger partial charge in [0.05, 0.1) is 5.56 Å². The van der Waals surface area contributed by atoms with Crippen LogP contribution in [-0.4, -0.2) is 29.8 Å². The van der Waals surface area contributed by atoms with E-state index in [2.05, 4.69) is 29.1 Å². The second-order valence-electron chi connectivity index (χ2n) is 8.57. The third-order valence-corrected chi connectivity index (χ3v) is 5.70. The highest BCUT2D eigenvalue weighted by molar-refractivity contribution is 7.71. The molecule has 0 spiro atoms. The van der Waals surface area contributed by atoms with Crippen LogP contribution in [0.25, 0.3) is 0 Å². The van der Waals surface area contributed by atoms with Crippen molar-refractivity contribution in [2.45, 2.75) is 32.6 Å². The molecule has 1 atom stereocenters. The third kappa shape index (κ3) is 3.09. The maximum absolute atomic E-state index is 13.1. The van der Waals surface area contributed by atoms with Gasteiger partial charge in [0, 0.05) is 43.4 Å². The number of nitrogens with one attached hydrogen (secondary N) is 3. The maximum Gasteiger partial charge on any atom is 0.257 e. The van der Waals surface area contributed by atoms with Crippen LogP contribution >= 0.6 is 12.2 Å². The Morgan fingerprint density at radius 1 is 1.07 bits per heavy atom. The van der Waals surface area contributed by atoms with Gasteiger partial charge in [-0.2, -0.15) is 0 Å². The first-order chi connectivity index (χ1) is 13.2. The van der Waals surface area contributed by atoms with Crippen LogP contribution in [0.1, 0.15) is 43.7 Å². The molecule has 1 aromatic carbocycles. The first-order valence-corrected chi connectivity index (χ1v) is 9.74. The Labute approximate surface area is 168 Å². The average Bonchev–Trinajstić information content (AvgIpc) is 2.58. The molecule has 0 radical (unpaired) electrons. The number of aromatic nitrogens is 2. The fraction of sp³-hybridized carbons (Fsp3) is 0.381. The molecule has 3 N–H and O–H groups in total. The van der Waals surface area contributed by atoms with Crippen LogP contribution in [0.4, 0.5) is 11.5 Å². The molecule has 0 unspecified atom stereocenters. The van der Waals surface area contributed by atoms with Crippen molar-refractivity contribution in [3.05, 3.63) is 61.8 Å². The van der Waals surface area contributed by atoms with Crippen LogP contribution in [0, 0.1) is 10.2 Å². The zero-order chi connectivity index (χ0) is 20.2. The van der Waals surface area contributed by atoms with Gasteiger partial charge in [0.2, 0.25) is 0 Å². The van der Waals surface area contributed by atoms with Gasteiger partial charge in [-0.15, -0.1) is 0 Å². The van der Waals surface area contributed by atoms with Crippen LogP contribution in [0.3, 0.4) is 0 Å². The number of H-pyrrole nitrogens is 2. The highest BCUT2D eigenvalue weighted by Gasteiger charge is 2.42. The summed E-state index contributed by atoms with van der Waals surface area (Å²) >= 11 is 5.16. The van der Waals surface area contributed by atoms with Gasteiger partial charge in [0.15, 0.2) is 10.6 Å². The van der Waals surface area contributed by atoms with Gasteiger partial charge in [-0.05, 0) is 41.7 Å². The lowest BCUT2D eigenvalue weighted by atomic mass is 9.69. The molecule has 0 fully saturated rings. The number of nitrogens with zero attached hydrogens (tertiary/aromatic N) is 1. The van der Waals surface area contributed by atoms with Crippen molar-refractivity contribution in [3.8, 4) is 0 Å². The average molecular weight is 397 g/mol. The van der Waals surface area contributed by atoms with Crippen LogP contribution in [-0.2, 0) is 4.79 Å². The van der Waals surface area contributed by atoms with E-state index in [0.29, 0.717) is 23.4 Å². The molecule has 1 aliphatic carbocycles. The normalized spacial score (nSPS) is 20.3. The van der Waals surface area contributed by atoms with Crippen LogP contribution in [0.5, 0.6) is 0 Å². The quantitative estimate of drug-likeness (QED) is 0.675. The topological polar surface area (TPSA) is 81.0 Å². The predicted molar refractivity (Wildman–Crippen MR) is 114 cm³/mol. The summed E-state index contributed by atoms with van der Waals surface area (Å²) in [5, 5.41) is 3.30. The SMILES string of the molecule is CN(C)c1ccc([C@@H]2C3=C(CC(C)(C)CC3=O)Nc3[nH]c(=S)[nH]c(=O)c32)cc1. The van der Waals surface area contributed by atoms with Crippen LogP contribution in [0.15, 0.2) is 40.3 Å². The van der Waals surface area contributed by atoms with Crippen LogP contribution < -0.4 is 15.8 Å². The first-order valence-electron chi connectivity index (χ1n) is 9.33. The fourth-order valence-corrected chi connectivity index (χ4v) is 4.44. The molecule has 0 saturated carbocycles. The van der Waals surface area contributed by atoms with Gasteiger partial charge < -0.3 is 15.2 Å². The summed E-state index contributed by atoms with van der Waals surface area (Å²) in [4.78, 5) is 33.7. The van der Waals surface area contributed by atoms with E-state index in [-0.39, 0.29) is 21.5 Å². The van der Waals surface area contributed by atoms with Crippen molar-refractivity contribution in [1.82, 2.24) is 9.97 Å². The van der Waals surface area contributed by atoms with Crippen molar-refractivity contribution >= 4 is 29.5 Å². The minimum atomic E-state index is -0.415. The summed E-state index contributed by atoms with van der Waals surface area (Å²) in [6.45, 7) is 4.18. The number of hydrogen-bond donors (Lipinski definition) is 3. The number of carbonyl (C=O) groups excluding carboxylic acids is 1. The van der Waals surface area contributed by atoms with Gasteiger partial charge in [0.1, 0.15) is 5.82 Å². The van der Waals surface area contributed by atoms with E-state index >= 15 is 0 Å². The molecule has 2 aliphatic rings. The van der Waals surface area contributed by atoms with E-state index in [9.17, 15) is 9.59 Å². The first kappa shape index (κ1) is 18.7. The Hall–Kier alpha value is -2.67. The Balaban J connectivity index is 1.95. The van der Waals surface area contributed by atoms with Gasteiger partial charge >= 0.3 is 0 Å². The summed E-state index contributed by atoms with van der Waals surface area (Å²) in [5.41, 5.74) is 3.68. The van der Waals surface area contributed by atoms with Crippen molar-refractivity contribution in [2.75, 3.05) is 24.3 Å². The number of aromatic amines is 2. The number of benzene rings is 1. The number of rotatable bonds is 2. The lowest BCUT2D eigenvalue weighted by Gasteiger charge is -2.38. The Morgan fingerprint density at radius 2 is 1.75 bits per heavy atom. The van der Waals surface area contributed by atoms with Crippen molar-refractivity contribution in [1.29, 1.82) is 0 Å². The van der Waals surface area contributed by atoms with E-state index in [0.717, 1.165) is 23.4 Å². The summed E-state index contributed by atoms with van der Waals surface area (Å²) in [5.74, 6) is 0.259. The molecule has 146 valence electrons. The summed E-state index contributed by atoms with van der Waals surface area (Å²) in [7, 11) is 3.96. The summed E-state index contributed by atoms with van der Waals surface area (Å²) < 4.78 is 0.267. The highest BCUT2D eigenvalue weighted by Crippen LogP contribution is 2.47. The largest absolute Gasteiger partial charge is 0.378 e. The minimum Gasteiger partial charge on any atom is -0.378 e. The second kappa shape index (κ2) is 6.44. The van der Waals surface area contributed by atoms with Gasteiger partial charge in [-0.3, -0.25) is 14.6 Å². The zero-order valence-electron chi connectivity index (χ0n) is 16.5. The Morgan fingerprint density at radius 3 is 2.39 bits per heavy atom. The predicted octanol–water partition coefficient (Wildman–Crippen LogP) is 3.70. The molecule has 7 heteroatoms. The number of Topliss-reactive ketones (excluding diaryl/α,β-unsaturated/α-hetero) is 1. The third-order valence-electron chi connectivity index (χ3n) is 5.50. The lowest BCUT2D eigenvalue weighted by Crippen LogP contribution is -2.36. The molecule has 1 aromatic heterocycles. The molecule has 1 aliphatic heterocycles. The monoisotopic (exact) mass is 396 g/mol. The molecular weight excluding hydrogens is 372 g/mol. The maximum atomic E-state index is 13.1. The number of carbonyl (C=O) groups is 1. The molecule has 0 saturated heterocycles. The fourth-order valence-electron chi connectivity index (χ4n) is 4.24. The molecular formula is C21H24N4O2S. The van der Waals surface area contributed by atoms with E-state index in [4.69, 9.17) is 12.2 Å². The lowest BCUT2D eigenvalue weighted by molar-refractivity contribution is -0.118. The smallest absolute Gasteiger partial charge is 0.257 e. The number of fused-ring (bicyclic) bond motifs is 1. The molecule has 2 heterocycles. The van der Waals surface area contributed by atoms with Crippen molar-refractivity contribution in [3.63, 3.8) is 0 Å². The number of hydrogen-bond acceptors (Lipinski definition) is 5. The molecule has 0 bridgehead atoms. The zero-order valence-corrected chi connectivity index (χ0v) is 17.3. The van der Waals surface area contributed by atoms with E-state index in [1.807, 2.05) is 43.3 Å². The Bertz CT molecular complexity index is 1110. The molecule has 4 rings (SSSR count). The molecule has 28 heavy (non-hydrogen) atoms. The van der Waals surface area contributed by atoms with Crippen LogP contribution in [0.2, 0.25) is 0 Å². The van der Waals surface area contributed by atoms with E-state index < -0.39 is 5.92 Å². The number of anilines is 2. The number of ketones is 1. The van der Waals surface area contributed by atoms with E-state index in [1.165, 1.54) is 0 Å². The molecule has 6 nitrogen and oxygen atoms in total. The van der Waals surface area contributed by atoms with Gasteiger partial charge in [-0.1, -0.05) is 26.0 Å². The standard InChI is InChI=1S/C21H24N4O2S/c1-21(2)9-13-16(14(26)10-21)15(11-5-7-12(8-6-11)25(3)4)17-18(22-13)23-20(28)24-19(17)27/h5-8,15H,9-10H2,1-4H3,(H3,22,23,24,27,28)/t15-/m1/s1. The second-order valence-corrected chi connectivity index (χ2v) is 8.98. The Kier molecular flexibility index (Phi) is 4.30. The molecule has 2 aromatic rings. The van der Waals surface area contributed by atoms with Crippen molar-refractivity contribution in [2.24, 2.45) is 5.41 Å². The summed E-state index contributed by atoms with van der Waals surface area (Å²) in [6, 6.07) is 8.00. The molecule has 0 amide bonds. The minimum absolute atomic E-state index is 0.0907. The van der Waals surface area contributed by atoms with E-state index in [1.54, 1.807) is 0 Å². The number of allylic oxidation sites excluding steroid dienone is 2. The summed E-state index contributed by atoms with van der Waals surface area (Å²) in [6.07, 6.45) is 1.21. The van der Waals surface area contributed by atoms with Gasteiger partial charge in [-0.25, -0.2) is 0 Å². The van der Waals surface area contributed by atoms with Crippen molar-refractivity contribution < 1.29 is 4.79 Å². The highest BCUT2D eigenvalue weighted by atomic mass is 32.1. The van der Waals surface area contributed by atoms with Gasteiger partial charge in [0.25, 0.3) is 5.56 Å².